The molecule has 0 saturated heterocycles. The first-order chi connectivity index (χ1) is 7.22. The second-order valence-corrected chi connectivity index (χ2v) is 4.40. The van der Waals surface area contributed by atoms with Gasteiger partial charge in [-0.05, 0) is 26.9 Å². The summed E-state index contributed by atoms with van der Waals surface area (Å²) in [6.07, 6.45) is 1.45. The van der Waals surface area contributed by atoms with Crippen LogP contribution >= 0.6 is 11.3 Å². The second kappa shape index (κ2) is 6.53. The molecule has 1 heterocycles. The van der Waals surface area contributed by atoms with Crippen molar-refractivity contribution in [2.45, 2.75) is 26.3 Å². The first kappa shape index (κ1) is 12.1. The van der Waals surface area contributed by atoms with Crippen LogP contribution < -0.4 is 10.6 Å². The lowest BCUT2D eigenvalue weighted by Gasteiger charge is -2.02. The van der Waals surface area contributed by atoms with Crippen LogP contribution in [0.2, 0.25) is 0 Å². The molecule has 0 atom stereocenters. The van der Waals surface area contributed by atoms with Gasteiger partial charge in [0, 0.05) is 11.8 Å². The highest BCUT2D eigenvalue weighted by atomic mass is 32.1. The molecule has 5 heteroatoms. The minimum atomic E-state index is 0.0934. The lowest BCUT2D eigenvalue weighted by molar-refractivity contribution is -0.121. The van der Waals surface area contributed by atoms with Crippen molar-refractivity contribution in [3.8, 4) is 0 Å². The van der Waals surface area contributed by atoms with Gasteiger partial charge in [-0.3, -0.25) is 4.79 Å². The van der Waals surface area contributed by atoms with Crippen molar-refractivity contribution < 1.29 is 4.79 Å². The van der Waals surface area contributed by atoms with E-state index in [0.29, 0.717) is 13.0 Å². The quantitative estimate of drug-likeness (QED) is 0.715. The van der Waals surface area contributed by atoms with E-state index in [2.05, 4.69) is 15.6 Å². The number of hydrogen-bond donors (Lipinski definition) is 2. The highest BCUT2D eigenvalue weighted by Gasteiger charge is 2.02. The predicted octanol–water partition coefficient (Wildman–Crippen LogP) is 1.07. The number of hydrogen-bond acceptors (Lipinski definition) is 4. The van der Waals surface area contributed by atoms with Crippen LogP contribution in [-0.2, 0) is 11.3 Å². The molecule has 0 aromatic carbocycles. The van der Waals surface area contributed by atoms with Gasteiger partial charge in [0.2, 0.25) is 5.91 Å². The van der Waals surface area contributed by atoms with Crippen LogP contribution in [0, 0.1) is 6.92 Å². The molecule has 1 amide bonds. The first-order valence-corrected chi connectivity index (χ1v) is 5.92. The van der Waals surface area contributed by atoms with Crippen molar-refractivity contribution in [2.24, 2.45) is 0 Å². The van der Waals surface area contributed by atoms with Crippen LogP contribution in [0.25, 0.3) is 0 Å². The molecule has 1 rings (SSSR count). The van der Waals surface area contributed by atoms with Gasteiger partial charge in [0.15, 0.2) is 0 Å². The van der Waals surface area contributed by atoms with E-state index in [-0.39, 0.29) is 5.91 Å². The van der Waals surface area contributed by atoms with Crippen molar-refractivity contribution in [1.29, 1.82) is 0 Å². The van der Waals surface area contributed by atoms with Crippen LogP contribution in [0.1, 0.15) is 23.5 Å². The highest BCUT2D eigenvalue weighted by Crippen LogP contribution is 2.07. The standard InChI is InChI=1S/C10H17N3OS/c1-8-13-9(7-15-8)6-12-10(14)4-3-5-11-2/h7,11H,3-6H2,1-2H3,(H,12,14). The average Bonchev–Trinajstić information content (AvgIpc) is 2.62. The zero-order valence-electron chi connectivity index (χ0n) is 9.17. The van der Waals surface area contributed by atoms with Gasteiger partial charge in [0.25, 0.3) is 0 Å². The van der Waals surface area contributed by atoms with Crippen molar-refractivity contribution in [1.82, 2.24) is 15.6 Å². The Bertz CT molecular complexity index is 311. The van der Waals surface area contributed by atoms with E-state index in [1.54, 1.807) is 11.3 Å². The summed E-state index contributed by atoms with van der Waals surface area (Å²) in [5, 5.41) is 8.87. The van der Waals surface area contributed by atoms with Crippen LogP contribution in [0.4, 0.5) is 0 Å². The maximum absolute atomic E-state index is 11.3. The maximum atomic E-state index is 11.3. The first-order valence-electron chi connectivity index (χ1n) is 5.04. The molecule has 2 N–H and O–H groups in total. The largest absolute Gasteiger partial charge is 0.350 e. The van der Waals surface area contributed by atoms with E-state index in [0.717, 1.165) is 23.7 Å². The van der Waals surface area contributed by atoms with Crippen LogP contribution in [0.15, 0.2) is 5.38 Å². The minimum Gasteiger partial charge on any atom is -0.350 e. The third-order valence-electron chi connectivity index (χ3n) is 1.96. The number of nitrogens with one attached hydrogen (secondary N) is 2. The number of aromatic nitrogens is 1. The van der Waals surface area contributed by atoms with Crippen molar-refractivity contribution >= 4 is 17.2 Å². The Morgan fingerprint density at radius 3 is 3.00 bits per heavy atom. The van der Waals surface area contributed by atoms with Gasteiger partial charge in [-0.1, -0.05) is 0 Å². The van der Waals surface area contributed by atoms with E-state index < -0.39 is 0 Å². The summed E-state index contributed by atoms with van der Waals surface area (Å²) >= 11 is 1.61. The predicted molar refractivity (Wildman–Crippen MR) is 61.9 cm³/mol. The third-order valence-corrected chi connectivity index (χ3v) is 2.79. The van der Waals surface area contributed by atoms with Crippen LogP contribution in [0.5, 0.6) is 0 Å². The molecule has 15 heavy (non-hydrogen) atoms. The van der Waals surface area contributed by atoms with Gasteiger partial charge in [-0.2, -0.15) is 0 Å². The Labute approximate surface area is 94.1 Å². The van der Waals surface area contributed by atoms with Gasteiger partial charge < -0.3 is 10.6 Å². The number of aryl methyl sites for hydroxylation is 1. The molecule has 0 saturated carbocycles. The molecule has 0 fully saturated rings. The zero-order valence-corrected chi connectivity index (χ0v) is 9.99. The van der Waals surface area contributed by atoms with Gasteiger partial charge in [0.05, 0.1) is 17.2 Å². The molecule has 0 radical (unpaired) electrons. The number of nitrogens with zero attached hydrogens (tertiary/aromatic N) is 1. The second-order valence-electron chi connectivity index (χ2n) is 3.34. The third kappa shape index (κ3) is 4.90. The molecular formula is C10H17N3OS. The van der Waals surface area contributed by atoms with E-state index in [1.165, 1.54) is 0 Å². The van der Waals surface area contributed by atoms with Gasteiger partial charge in [-0.15, -0.1) is 11.3 Å². The fraction of sp³-hybridized carbons (Fsp3) is 0.600. The Balaban J connectivity index is 2.16. The maximum Gasteiger partial charge on any atom is 0.220 e. The van der Waals surface area contributed by atoms with Crippen LogP contribution in [0.3, 0.4) is 0 Å². The molecule has 4 nitrogen and oxygen atoms in total. The van der Waals surface area contributed by atoms with E-state index >= 15 is 0 Å². The summed E-state index contributed by atoms with van der Waals surface area (Å²) in [7, 11) is 1.88. The Kier molecular flexibility index (Phi) is 5.28. The molecule has 0 aliphatic heterocycles. The molecule has 0 aliphatic rings. The molecule has 0 spiro atoms. The Morgan fingerprint density at radius 2 is 2.40 bits per heavy atom. The van der Waals surface area contributed by atoms with Crippen LogP contribution in [-0.4, -0.2) is 24.5 Å². The number of rotatable bonds is 6. The van der Waals surface area contributed by atoms with Crippen molar-refractivity contribution in [3.05, 3.63) is 16.1 Å². The molecule has 84 valence electrons. The van der Waals surface area contributed by atoms with Crippen molar-refractivity contribution in [3.63, 3.8) is 0 Å². The summed E-state index contributed by atoms with van der Waals surface area (Å²) in [6, 6.07) is 0. The van der Waals surface area contributed by atoms with E-state index in [9.17, 15) is 4.79 Å². The van der Waals surface area contributed by atoms with Crippen molar-refractivity contribution in [2.75, 3.05) is 13.6 Å². The lowest BCUT2D eigenvalue weighted by atomic mass is 10.3. The number of carbonyl (C=O) groups excluding carboxylic acids is 1. The summed E-state index contributed by atoms with van der Waals surface area (Å²) in [5.41, 5.74) is 0.944. The summed E-state index contributed by atoms with van der Waals surface area (Å²) in [4.78, 5) is 15.6. The minimum absolute atomic E-state index is 0.0934. The molecular weight excluding hydrogens is 210 g/mol. The summed E-state index contributed by atoms with van der Waals surface area (Å²) in [5.74, 6) is 0.0934. The smallest absolute Gasteiger partial charge is 0.220 e. The molecule has 0 aliphatic carbocycles. The molecule has 0 bridgehead atoms. The van der Waals surface area contributed by atoms with Gasteiger partial charge in [0.1, 0.15) is 0 Å². The Hall–Kier alpha value is -0.940. The average molecular weight is 227 g/mol. The molecule has 1 aromatic heterocycles. The summed E-state index contributed by atoms with van der Waals surface area (Å²) in [6.45, 7) is 3.38. The fourth-order valence-corrected chi connectivity index (χ4v) is 1.81. The number of carbonyl (C=O) groups is 1. The highest BCUT2D eigenvalue weighted by molar-refractivity contribution is 7.09. The monoisotopic (exact) mass is 227 g/mol. The van der Waals surface area contributed by atoms with Gasteiger partial charge in [-0.25, -0.2) is 4.98 Å². The lowest BCUT2D eigenvalue weighted by Crippen LogP contribution is -2.23. The molecule has 0 unspecified atom stereocenters. The fourth-order valence-electron chi connectivity index (χ4n) is 1.19. The zero-order chi connectivity index (χ0) is 11.1. The van der Waals surface area contributed by atoms with Gasteiger partial charge >= 0.3 is 0 Å². The molecule has 1 aromatic rings. The SMILES string of the molecule is CNCCCC(=O)NCc1csc(C)n1. The van der Waals surface area contributed by atoms with E-state index in [1.807, 2.05) is 19.4 Å². The topological polar surface area (TPSA) is 54.0 Å². The normalized spacial score (nSPS) is 10.3. The Morgan fingerprint density at radius 1 is 1.60 bits per heavy atom. The van der Waals surface area contributed by atoms with E-state index in [4.69, 9.17) is 0 Å². The summed E-state index contributed by atoms with van der Waals surface area (Å²) < 4.78 is 0. The number of amides is 1. The number of thiazole rings is 1.